The maximum Gasteiger partial charge on any atom is 0.328 e. The highest BCUT2D eigenvalue weighted by Crippen LogP contribution is 2.25. The summed E-state index contributed by atoms with van der Waals surface area (Å²) in [5.74, 6) is -1.36. The van der Waals surface area contributed by atoms with Gasteiger partial charge in [-0.05, 0) is 38.1 Å². The molecule has 4 nitrogen and oxygen atoms in total. The van der Waals surface area contributed by atoms with E-state index in [9.17, 15) is 9.18 Å². The van der Waals surface area contributed by atoms with Gasteiger partial charge in [-0.15, -0.1) is 0 Å². The summed E-state index contributed by atoms with van der Waals surface area (Å²) in [7, 11) is 1.84. The largest absolute Gasteiger partial charge is 0.478 e. The summed E-state index contributed by atoms with van der Waals surface area (Å²) in [5, 5.41) is 8.72. The standard InChI is InChI=1S/C16H21FN2O2/c1-18(11-12-19-9-2-3-10-19)16-13(7-8-15(20)21)5-4-6-14(16)17/h4-8H,2-3,9-12H2,1H3,(H,20,21)/b8-7+. The van der Waals surface area contributed by atoms with E-state index in [0.717, 1.165) is 32.3 Å². The zero-order valence-electron chi connectivity index (χ0n) is 12.3. The Labute approximate surface area is 124 Å². The molecule has 1 N–H and O–H groups in total. The fraction of sp³-hybridized carbons (Fsp3) is 0.438. The molecule has 0 bridgehead atoms. The number of likely N-dealkylation sites (N-methyl/N-ethyl adjacent to an activating group) is 1. The minimum Gasteiger partial charge on any atom is -0.478 e. The van der Waals surface area contributed by atoms with Crippen LogP contribution in [0.15, 0.2) is 24.3 Å². The van der Waals surface area contributed by atoms with E-state index in [-0.39, 0.29) is 5.82 Å². The topological polar surface area (TPSA) is 43.8 Å². The van der Waals surface area contributed by atoms with Crippen LogP contribution in [0.4, 0.5) is 10.1 Å². The number of hydrogen-bond donors (Lipinski definition) is 1. The molecule has 2 rings (SSSR count). The number of aliphatic carboxylic acids is 1. The molecule has 5 heteroatoms. The number of hydrogen-bond acceptors (Lipinski definition) is 3. The minimum atomic E-state index is -1.04. The summed E-state index contributed by atoms with van der Waals surface area (Å²) in [6, 6.07) is 4.72. The molecule has 114 valence electrons. The van der Waals surface area contributed by atoms with Crippen molar-refractivity contribution in [1.82, 2.24) is 4.90 Å². The smallest absolute Gasteiger partial charge is 0.328 e. The zero-order chi connectivity index (χ0) is 15.2. The Morgan fingerprint density at radius 1 is 1.43 bits per heavy atom. The molecular weight excluding hydrogens is 271 g/mol. The Morgan fingerprint density at radius 2 is 2.14 bits per heavy atom. The predicted molar refractivity (Wildman–Crippen MR) is 82.0 cm³/mol. The number of rotatable bonds is 6. The first-order valence-corrected chi connectivity index (χ1v) is 7.21. The third kappa shape index (κ3) is 4.29. The Morgan fingerprint density at radius 3 is 2.81 bits per heavy atom. The van der Waals surface area contributed by atoms with Gasteiger partial charge in [-0.2, -0.15) is 0 Å². The van der Waals surface area contributed by atoms with Crippen LogP contribution in [0.2, 0.25) is 0 Å². The molecule has 1 heterocycles. The summed E-state index contributed by atoms with van der Waals surface area (Å²) >= 11 is 0. The van der Waals surface area contributed by atoms with E-state index in [0.29, 0.717) is 11.3 Å². The fourth-order valence-electron chi connectivity index (χ4n) is 2.64. The molecule has 0 spiro atoms. The van der Waals surface area contributed by atoms with Gasteiger partial charge in [0.2, 0.25) is 0 Å². The van der Waals surface area contributed by atoms with E-state index in [2.05, 4.69) is 4.90 Å². The Balaban J connectivity index is 2.10. The Kier molecular flexibility index (Phi) is 5.33. The summed E-state index contributed by atoms with van der Waals surface area (Å²) < 4.78 is 14.1. The van der Waals surface area contributed by atoms with E-state index in [1.54, 1.807) is 12.1 Å². The van der Waals surface area contributed by atoms with Crippen LogP contribution in [0.3, 0.4) is 0 Å². The molecule has 21 heavy (non-hydrogen) atoms. The molecule has 1 aliphatic rings. The van der Waals surface area contributed by atoms with Crippen molar-refractivity contribution in [3.05, 3.63) is 35.7 Å². The van der Waals surface area contributed by atoms with Crippen molar-refractivity contribution in [1.29, 1.82) is 0 Å². The molecule has 0 unspecified atom stereocenters. The molecule has 0 aliphatic carbocycles. The monoisotopic (exact) mass is 292 g/mol. The van der Waals surface area contributed by atoms with Crippen LogP contribution >= 0.6 is 0 Å². The number of benzene rings is 1. The number of likely N-dealkylation sites (tertiary alicyclic amines) is 1. The number of carboxylic acid groups (broad SMARTS) is 1. The third-order valence-corrected chi connectivity index (χ3v) is 3.76. The highest BCUT2D eigenvalue weighted by molar-refractivity contribution is 5.87. The van der Waals surface area contributed by atoms with Gasteiger partial charge in [0.15, 0.2) is 0 Å². The van der Waals surface area contributed by atoms with Gasteiger partial charge >= 0.3 is 5.97 Å². The molecule has 1 saturated heterocycles. The Bertz CT molecular complexity index is 525. The lowest BCUT2D eigenvalue weighted by molar-refractivity contribution is -0.131. The van der Waals surface area contributed by atoms with Gasteiger partial charge in [0.25, 0.3) is 0 Å². The van der Waals surface area contributed by atoms with Gasteiger partial charge in [0, 0.05) is 31.8 Å². The zero-order valence-corrected chi connectivity index (χ0v) is 12.3. The van der Waals surface area contributed by atoms with Gasteiger partial charge in [-0.3, -0.25) is 0 Å². The average Bonchev–Trinajstić information content (AvgIpc) is 2.95. The van der Waals surface area contributed by atoms with Crippen molar-refractivity contribution in [3.8, 4) is 0 Å². The quantitative estimate of drug-likeness (QED) is 0.818. The van der Waals surface area contributed by atoms with Crippen LogP contribution < -0.4 is 4.90 Å². The highest BCUT2D eigenvalue weighted by atomic mass is 19.1. The SMILES string of the molecule is CN(CCN1CCCC1)c1c(F)cccc1/C=C/C(=O)O. The van der Waals surface area contributed by atoms with Gasteiger partial charge in [-0.1, -0.05) is 12.1 Å². The maximum atomic E-state index is 14.1. The van der Waals surface area contributed by atoms with E-state index >= 15 is 0 Å². The molecule has 0 atom stereocenters. The highest BCUT2D eigenvalue weighted by Gasteiger charge is 2.15. The first kappa shape index (κ1) is 15.5. The molecule has 1 aromatic carbocycles. The molecule has 1 aliphatic heterocycles. The van der Waals surface area contributed by atoms with Crippen LogP contribution in [0.1, 0.15) is 18.4 Å². The number of para-hydroxylation sites is 1. The number of halogens is 1. The van der Waals surface area contributed by atoms with Crippen LogP contribution in [-0.4, -0.2) is 49.2 Å². The number of anilines is 1. The molecular formula is C16H21FN2O2. The minimum absolute atomic E-state index is 0.327. The van der Waals surface area contributed by atoms with Crippen molar-refractivity contribution in [2.24, 2.45) is 0 Å². The number of carbonyl (C=O) groups is 1. The average molecular weight is 292 g/mol. The molecule has 0 radical (unpaired) electrons. The van der Waals surface area contributed by atoms with Crippen LogP contribution in [-0.2, 0) is 4.79 Å². The Hall–Kier alpha value is -1.88. The van der Waals surface area contributed by atoms with E-state index in [1.807, 2.05) is 11.9 Å². The van der Waals surface area contributed by atoms with Gasteiger partial charge in [-0.25, -0.2) is 9.18 Å². The molecule has 1 aromatic rings. The molecule has 0 saturated carbocycles. The van der Waals surface area contributed by atoms with Crippen molar-refractivity contribution < 1.29 is 14.3 Å². The van der Waals surface area contributed by atoms with Crippen LogP contribution in [0.5, 0.6) is 0 Å². The van der Waals surface area contributed by atoms with Gasteiger partial charge in [0.1, 0.15) is 5.82 Å². The van der Waals surface area contributed by atoms with E-state index < -0.39 is 5.97 Å². The van der Waals surface area contributed by atoms with Crippen LogP contribution in [0.25, 0.3) is 6.08 Å². The summed E-state index contributed by atoms with van der Waals surface area (Å²) in [4.78, 5) is 14.9. The number of nitrogens with zero attached hydrogens (tertiary/aromatic N) is 2. The lowest BCUT2D eigenvalue weighted by atomic mass is 10.1. The summed E-state index contributed by atoms with van der Waals surface area (Å²) in [5.41, 5.74) is 1.04. The van der Waals surface area contributed by atoms with Crippen molar-refractivity contribution in [2.75, 3.05) is 38.1 Å². The first-order chi connectivity index (χ1) is 10.1. The lowest BCUT2D eigenvalue weighted by Crippen LogP contribution is -2.32. The lowest BCUT2D eigenvalue weighted by Gasteiger charge is -2.25. The second kappa shape index (κ2) is 7.22. The summed E-state index contributed by atoms with van der Waals surface area (Å²) in [6.07, 6.45) is 4.94. The summed E-state index contributed by atoms with van der Waals surface area (Å²) in [6.45, 7) is 3.83. The fourth-order valence-corrected chi connectivity index (χ4v) is 2.64. The van der Waals surface area contributed by atoms with Gasteiger partial charge in [0.05, 0.1) is 5.69 Å². The second-order valence-electron chi connectivity index (χ2n) is 5.32. The molecule has 1 fully saturated rings. The normalized spacial score (nSPS) is 15.7. The number of carboxylic acids is 1. The van der Waals surface area contributed by atoms with Crippen molar-refractivity contribution in [3.63, 3.8) is 0 Å². The second-order valence-corrected chi connectivity index (χ2v) is 5.32. The molecule has 0 amide bonds. The first-order valence-electron chi connectivity index (χ1n) is 7.21. The van der Waals surface area contributed by atoms with Crippen LogP contribution in [0, 0.1) is 5.82 Å². The predicted octanol–water partition coefficient (Wildman–Crippen LogP) is 2.46. The van der Waals surface area contributed by atoms with Crippen molar-refractivity contribution in [2.45, 2.75) is 12.8 Å². The third-order valence-electron chi connectivity index (χ3n) is 3.76. The maximum absolute atomic E-state index is 14.1. The van der Waals surface area contributed by atoms with E-state index in [1.165, 1.54) is 25.0 Å². The molecule has 0 aromatic heterocycles. The van der Waals surface area contributed by atoms with Crippen molar-refractivity contribution >= 4 is 17.7 Å². The van der Waals surface area contributed by atoms with Gasteiger partial charge < -0.3 is 14.9 Å². The van der Waals surface area contributed by atoms with E-state index in [4.69, 9.17) is 5.11 Å².